The summed E-state index contributed by atoms with van der Waals surface area (Å²) in [5.41, 5.74) is 3.52. The summed E-state index contributed by atoms with van der Waals surface area (Å²) >= 11 is 0. The predicted octanol–water partition coefficient (Wildman–Crippen LogP) is 6.36. The number of anilines is 2. The number of para-hydroxylation sites is 1. The Morgan fingerprint density at radius 2 is 1.84 bits per heavy atom. The Morgan fingerprint density at radius 1 is 1.08 bits per heavy atom. The highest BCUT2D eigenvalue weighted by molar-refractivity contribution is 6.01. The van der Waals surface area contributed by atoms with Gasteiger partial charge in [-0.1, -0.05) is 48.6 Å². The molecule has 1 aliphatic heterocycles. The number of ether oxygens (including phenoxy) is 2. The molecule has 0 saturated heterocycles. The normalized spacial score (nSPS) is 14.8. The molecule has 7 nitrogen and oxygen atoms in total. The van der Waals surface area contributed by atoms with Crippen LogP contribution < -0.4 is 25.0 Å². The number of urea groups is 1. The van der Waals surface area contributed by atoms with Gasteiger partial charge in [-0.05, 0) is 81.6 Å². The molecule has 0 saturated carbocycles. The van der Waals surface area contributed by atoms with E-state index in [2.05, 4.69) is 17.2 Å². The summed E-state index contributed by atoms with van der Waals surface area (Å²) in [4.78, 5) is 27.6. The number of amides is 3. The lowest BCUT2D eigenvalue weighted by Gasteiger charge is -2.33. The van der Waals surface area contributed by atoms with Crippen LogP contribution in [0.3, 0.4) is 0 Å². The summed E-state index contributed by atoms with van der Waals surface area (Å²) in [5, 5.41) is 5.95. The fourth-order valence-electron chi connectivity index (χ4n) is 4.34. The van der Waals surface area contributed by atoms with E-state index in [0.717, 1.165) is 22.4 Å². The van der Waals surface area contributed by atoms with E-state index in [4.69, 9.17) is 9.47 Å². The van der Waals surface area contributed by atoms with Gasteiger partial charge in [-0.3, -0.25) is 4.79 Å². The highest BCUT2D eigenvalue weighted by Crippen LogP contribution is 2.36. The van der Waals surface area contributed by atoms with Crippen LogP contribution in [0, 0.1) is 0 Å². The molecule has 0 fully saturated rings. The molecule has 7 heteroatoms. The Labute approximate surface area is 224 Å². The van der Waals surface area contributed by atoms with Crippen LogP contribution in [0.4, 0.5) is 16.2 Å². The minimum absolute atomic E-state index is 0.127. The predicted molar refractivity (Wildman–Crippen MR) is 152 cm³/mol. The van der Waals surface area contributed by atoms with Gasteiger partial charge >= 0.3 is 6.03 Å². The number of hydrogen-bond donors (Lipinski definition) is 2. The number of rotatable bonds is 9. The molecular weight excluding hydrogens is 478 g/mol. The van der Waals surface area contributed by atoms with Gasteiger partial charge in [-0.25, -0.2) is 4.79 Å². The van der Waals surface area contributed by atoms with Crippen molar-refractivity contribution >= 4 is 28.9 Å². The standard InChI is InChI=1S/C31H35N3O4/c1-21(2)23-11-9-12-24(19-23)31(4,5)33-30(36)32-25-15-16-28-27(20-25)34(29(35)22(3)38-28)17-10-18-37-26-13-7-6-8-14-26/h6-9,11-16,19-20,22H,1,10,17-18H2,2-5H3,(H2,32,33,36). The van der Waals surface area contributed by atoms with Crippen LogP contribution in [0.15, 0.2) is 79.4 Å². The van der Waals surface area contributed by atoms with Crippen LogP contribution in [0.25, 0.3) is 5.57 Å². The average Bonchev–Trinajstić information content (AvgIpc) is 2.89. The van der Waals surface area contributed by atoms with E-state index in [1.807, 2.05) is 75.4 Å². The average molecular weight is 514 g/mol. The number of nitrogens with zero attached hydrogens (tertiary/aromatic N) is 1. The van der Waals surface area contributed by atoms with Crippen LogP contribution in [0.1, 0.15) is 45.2 Å². The molecule has 0 aliphatic carbocycles. The van der Waals surface area contributed by atoms with Gasteiger partial charge < -0.3 is 25.0 Å². The fourth-order valence-corrected chi connectivity index (χ4v) is 4.34. The van der Waals surface area contributed by atoms with E-state index in [-0.39, 0.29) is 11.9 Å². The van der Waals surface area contributed by atoms with Gasteiger partial charge in [0.1, 0.15) is 11.5 Å². The highest BCUT2D eigenvalue weighted by Gasteiger charge is 2.31. The second kappa shape index (κ2) is 11.4. The lowest BCUT2D eigenvalue weighted by molar-refractivity contribution is -0.125. The third-order valence-electron chi connectivity index (χ3n) is 6.47. The van der Waals surface area contributed by atoms with Gasteiger partial charge in [0.25, 0.3) is 5.91 Å². The molecule has 1 unspecified atom stereocenters. The quantitative estimate of drug-likeness (QED) is 0.326. The summed E-state index contributed by atoms with van der Waals surface area (Å²) in [7, 11) is 0. The van der Waals surface area contributed by atoms with Crippen LogP contribution in [0.2, 0.25) is 0 Å². The lowest BCUT2D eigenvalue weighted by atomic mass is 9.92. The van der Waals surface area contributed by atoms with E-state index in [1.165, 1.54) is 0 Å². The smallest absolute Gasteiger partial charge is 0.319 e. The van der Waals surface area contributed by atoms with Gasteiger partial charge in [0.15, 0.2) is 6.10 Å². The summed E-state index contributed by atoms with van der Waals surface area (Å²) in [6.45, 7) is 12.5. The molecule has 3 aromatic carbocycles. The van der Waals surface area contributed by atoms with Crippen molar-refractivity contribution in [3.8, 4) is 11.5 Å². The van der Waals surface area contributed by atoms with Gasteiger partial charge in [-0.2, -0.15) is 0 Å². The van der Waals surface area contributed by atoms with E-state index >= 15 is 0 Å². The van der Waals surface area contributed by atoms with Gasteiger partial charge in [0, 0.05) is 12.2 Å². The third-order valence-corrected chi connectivity index (χ3v) is 6.47. The molecule has 0 spiro atoms. The Hall–Kier alpha value is -4.26. The molecule has 0 bridgehead atoms. The minimum atomic E-state index is -0.622. The van der Waals surface area contributed by atoms with Crippen molar-refractivity contribution in [1.29, 1.82) is 0 Å². The number of carbonyl (C=O) groups excluding carboxylic acids is 2. The maximum atomic E-state index is 13.0. The van der Waals surface area contributed by atoms with Gasteiger partial charge in [0.05, 0.1) is 17.8 Å². The minimum Gasteiger partial charge on any atom is -0.494 e. The second-order valence-corrected chi connectivity index (χ2v) is 10.0. The summed E-state index contributed by atoms with van der Waals surface area (Å²) in [6.07, 6.45) is 0.0537. The van der Waals surface area contributed by atoms with E-state index in [0.29, 0.717) is 36.7 Å². The monoisotopic (exact) mass is 513 g/mol. The fraction of sp³-hybridized carbons (Fsp3) is 0.290. The van der Waals surface area contributed by atoms with Gasteiger partial charge in [0.2, 0.25) is 0 Å². The first-order valence-corrected chi connectivity index (χ1v) is 12.8. The van der Waals surface area contributed by atoms with Crippen molar-refractivity contribution in [2.45, 2.75) is 45.8 Å². The van der Waals surface area contributed by atoms with Crippen LogP contribution in [-0.4, -0.2) is 31.2 Å². The number of allylic oxidation sites excluding steroid dienone is 1. The number of fused-ring (bicyclic) bond motifs is 1. The first-order chi connectivity index (χ1) is 18.1. The molecule has 0 aromatic heterocycles. The van der Waals surface area contributed by atoms with Crippen LogP contribution >= 0.6 is 0 Å². The zero-order chi connectivity index (χ0) is 27.3. The molecule has 38 heavy (non-hydrogen) atoms. The third kappa shape index (κ3) is 6.35. The Bertz CT molecular complexity index is 1320. The SMILES string of the molecule is C=C(C)c1cccc(C(C)(C)NC(=O)Nc2ccc3c(c2)N(CCCOc2ccccc2)C(=O)C(C)O3)c1. The molecular formula is C31H35N3O4. The number of carbonyl (C=O) groups is 2. The van der Waals surface area contributed by atoms with E-state index < -0.39 is 11.6 Å². The van der Waals surface area contributed by atoms with Gasteiger partial charge in [-0.15, -0.1) is 0 Å². The van der Waals surface area contributed by atoms with Crippen molar-refractivity contribution < 1.29 is 19.1 Å². The van der Waals surface area contributed by atoms with Crippen LogP contribution in [-0.2, 0) is 10.3 Å². The van der Waals surface area contributed by atoms with E-state index in [9.17, 15) is 9.59 Å². The second-order valence-electron chi connectivity index (χ2n) is 10.0. The van der Waals surface area contributed by atoms with Crippen molar-refractivity contribution in [3.05, 3.63) is 90.5 Å². The summed E-state index contributed by atoms with van der Waals surface area (Å²) in [6, 6.07) is 22.5. The Balaban J connectivity index is 1.43. The van der Waals surface area contributed by atoms with Crippen LogP contribution in [0.5, 0.6) is 11.5 Å². The Kier molecular flexibility index (Phi) is 8.05. The molecule has 2 N–H and O–H groups in total. The molecule has 198 valence electrons. The maximum Gasteiger partial charge on any atom is 0.319 e. The molecule has 1 atom stereocenters. The van der Waals surface area contributed by atoms with Crippen molar-refractivity contribution in [2.75, 3.05) is 23.4 Å². The first-order valence-electron chi connectivity index (χ1n) is 12.8. The van der Waals surface area contributed by atoms with Crippen molar-refractivity contribution in [3.63, 3.8) is 0 Å². The topological polar surface area (TPSA) is 79.9 Å². The zero-order valence-electron chi connectivity index (χ0n) is 22.4. The summed E-state index contributed by atoms with van der Waals surface area (Å²) in [5.74, 6) is 1.27. The molecule has 1 aliphatic rings. The summed E-state index contributed by atoms with van der Waals surface area (Å²) < 4.78 is 11.6. The molecule has 3 amide bonds. The first kappa shape index (κ1) is 26.8. The largest absolute Gasteiger partial charge is 0.494 e. The van der Waals surface area contributed by atoms with E-state index in [1.54, 1.807) is 30.0 Å². The molecule has 3 aromatic rings. The molecule has 1 heterocycles. The lowest BCUT2D eigenvalue weighted by Crippen LogP contribution is -2.45. The zero-order valence-corrected chi connectivity index (χ0v) is 22.4. The molecule has 4 rings (SSSR count). The van der Waals surface area contributed by atoms with Crippen molar-refractivity contribution in [1.82, 2.24) is 5.32 Å². The highest BCUT2D eigenvalue weighted by atomic mass is 16.5. The van der Waals surface area contributed by atoms with Crippen molar-refractivity contribution in [2.24, 2.45) is 0 Å². The Morgan fingerprint density at radius 3 is 2.58 bits per heavy atom. The maximum absolute atomic E-state index is 13.0. The number of hydrogen-bond acceptors (Lipinski definition) is 4. The number of benzene rings is 3. The molecule has 0 radical (unpaired) electrons. The number of nitrogens with one attached hydrogen (secondary N) is 2.